The van der Waals surface area contributed by atoms with Crippen LogP contribution in [0, 0.1) is 17.5 Å². The second kappa shape index (κ2) is 9.41. The third-order valence-corrected chi connectivity index (χ3v) is 5.41. The van der Waals surface area contributed by atoms with Crippen molar-refractivity contribution < 1.29 is 32.2 Å². The number of anilines is 1. The van der Waals surface area contributed by atoms with E-state index in [-0.39, 0.29) is 40.5 Å². The minimum absolute atomic E-state index is 0.0236. The SMILES string of the molecule is C[C@H](Nc1c(F)cccc1F)C(=O)Oc1ccc(-c2c(Cl)cc(F)cc2Cl)c2c1OCCO2. The van der Waals surface area contributed by atoms with Gasteiger partial charge in [-0.3, -0.25) is 0 Å². The highest BCUT2D eigenvalue weighted by Gasteiger charge is 2.27. The van der Waals surface area contributed by atoms with Crippen LogP contribution in [0.2, 0.25) is 10.0 Å². The molecule has 0 fully saturated rings. The van der Waals surface area contributed by atoms with Crippen molar-refractivity contribution >= 4 is 34.9 Å². The van der Waals surface area contributed by atoms with E-state index in [2.05, 4.69) is 5.32 Å². The summed E-state index contributed by atoms with van der Waals surface area (Å²) in [5.74, 6) is -2.76. The average Bonchev–Trinajstić information content (AvgIpc) is 2.77. The topological polar surface area (TPSA) is 56.8 Å². The van der Waals surface area contributed by atoms with Crippen molar-refractivity contribution in [3.05, 3.63) is 70.0 Å². The normalized spacial score (nSPS) is 13.4. The molecule has 0 aliphatic carbocycles. The summed E-state index contributed by atoms with van der Waals surface area (Å²) >= 11 is 12.4. The quantitative estimate of drug-likeness (QED) is 0.333. The van der Waals surface area contributed by atoms with Crippen molar-refractivity contribution in [2.45, 2.75) is 13.0 Å². The number of hydrogen-bond donors (Lipinski definition) is 1. The first-order chi connectivity index (χ1) is 15.8. The molecule has 3 aromatic carbocycles. The first kappa shape index (κ1) is 23.1. The van der Waals surface area contributed by atoms with Gasteiger partial charge in [0.15, 0.2) is 11.5 Å². The molecule has 0 bridgehead atoms. The smallest absolute Gasteiger partial charge is 0.333 e. The number of carbonyl (C=O) groups excluding carboxylic acids is 1. The summed E-state index contributed by atoms with van der Waals surface area (Å²) in [6.45, 7) is 1.78. The maximum atomic E-state index is 13.9. The molecule has 3 aromatic rings. The fourth-order valence-electron chi connectivity index (χ4n) is 3.30. The number of benzene rings is 3. The molecule has 0 amide bonds. The molecular weight excluding hydrogens is 482 g/mol. The summed E-state index contributed by atoms with van der Waals surface area (Å²) in [6.07, 6.45) is 0. The van der Waals surface area contributed by atoms with Crippen LogP contribution in [0.25, 0.3) is 11.1 Å². The van der Waals surface area contributed by atoms with Crippen LogP contribution in [-0.2, 0) is 4.79 Å². The van der Waals surface area contributed by atoms with E-state index in [1.807, 2.05) is 0 Å². The third kappa shape index (κ3) is 4.67. The molecule has 0 unspecified atom stereocenters. The van der Waals surface area contributed by atoms with Gasteiger partial charge in [0, 0.05) is 11.1 Å². The zero-order chi connectivity index (χ0) is 23.7. The molecule has 5 nitrogen and oxygen atoms in total. The number of fused-ring (bicyclic) bond motifs is 1. The van der Waals surface area contributed by atoms with Crippen LogP contribution in [0.5, 0.6) is 17.2 Å². The lowest BCUT2D eigenvalue weighted by Gasteiger charge is -2.24. The van der Waals surface area contributed by atoms with Crippen LogP contribution in [0.1, 0.15) is 6.92 Å². The second-order valence-corrected chi connectivity index (χ2v) is 7.91. The lowest BCUT2D eigenvalue weighted by molar-refractivity contribution is -0.135. The monoisotopic (exact) mass is 497 g/mol. The van der Waals surface area contributed by atoms with Crippen molar-refractivity contribution in [3.63, 3.8) is 0 Å². The van der Waals surface area contributed by atoms with Gasteiger partial charge in [0.2, 0.25) is 5.75 Å². The third-order valence-electron chi connectivity index (χ3n) is 4.82. The molecule has 0 saturated heterocycles. The van der Waals surface area contributed by atoms with E-state index in [9.17, 15) is 18.0 Å². The molecule has 1 aliphatic heterocycles. The molecule has 0 radical (unpaired) electrons. The second-order valence-electron chi connectivity index (χ2n) is 7.09. The fraction of sp³-hybridized carbons (Fsp3) is 0.174. The van der Waals surface area contributed by atoms with E-state index < -0.39 is 35.2 Å². The number of nitrogens with one attached hydrogen (secondary N) is 1. The van der Waals surface area contributed by atoms with Crippen molar-refractivity contribution in [2.24, 2.45) is 0 Å². The highest BCUT2D eigenvalue weighted by atomic mass is 35.5. The standard InChI is InChI=1S/C23H16Cl2F3NO4/c1-11(29-20-16(27)3-2-4-17(20)28)23(30)33-18-6-5-13(21-22(18)32-8-7-31-21)19-14(24)9-12(26)10-15(19)25/h2-6,9-11,29H,7-8H2,1H3/t11-/m0/s1. The van der Waals surface area contributed by atoms with Gasteiger partial charge in [-0.2, -0.15) is 0 Å². The maximum Gasteiger partial charge on any atom is 0.333 e. The Morgan fingerprint density at radius 2 is 1.61 bits per heavy atom. The molecule has 172 valence electrons. The summed E-state index contributed by atoms with van der Waals surface area (Å²) in [5, 5.41) is 2.59. The summed E-state index contributed by atoms with van der Waals surface area (Å²) in [4.78, 5) is 12.6. The molecule has 0 saturated carbocycles. The molecule has 1 N–H and O–H groups in total. The van der Waals surface area contributed by atoms with Crippen LogP contribution in [-0.4, -0.2) is 25.2 Å². The predicted molar refractivity (Wildman–Crippen MR) is 118 cm³/mol. The van der Waals surface area contributed by atoms with E-state index in [1.165, 1.54) is 25.1 Å². The summed E-state index contributed by atoms with van der Waals surface area (Å²) in [7, 11) is 0. The van der Waals surface area contributed by atoms with Gasteiger partial charge in [-0.25, -0.2) is 18.0 Å². The van der Waals surface area contributed by atoms with Gasteiger partial charge in [-0.15, -0.1) is 0 Å². The largest absolute Gasteiger partial charge is 0.485 e. The number of halogens is 5. The van der Waals surface area contributed by atoms with Crippen LogP contribution in [0.3, 0.4) is 0 Å². The number of ether oxygens (including phenoxy) is 3. The molecule has 4 rings (SSSR count). The molecule has 33 heavy (non-hydrogen) atoms. The number of esters is 1. The Bertz CT molecular complexity index is 1200. The van der Waals surface area contributed by atoms with E-state index in [4.69, 9.17) is 37.4 Å². The number of carbonyl (C=O) groups is 1. The van der Waals surface area contributed by atoms with Crippen molar-refractivity contribution in [1.82, 2.24) is 0 Å². The Morgan fingerprint density at radius 1 is 1.00 bits per heavy atom. The van der Waals surface area contributed by atoms with Gasteiger partial charge in [0.25, 0.3) is 0 Å². The highest BCUT2D eigenvalue weighted by molar-refractivity contribution is 6.39. The first-order valence-corrected chi connectivity index (χ1v) is 10.5. The molecule has 1 aliphatic rings. The van der Waals surface area contributed by atoms with Gasteiger partial charge in [-0.1, -0.05) is 29.3 Å². The van der Waals surface area contributed by atoms with Crippen molar-refractivity contribution in [1.29, 1.82) is 0 Å². The van der Waals surface area contributed by atoms with E-state index in [1.54, 1.807) is 0 Å². The lowest BCUT2D eigenvalue weighted by Crippen LogP contribution is -2.31. The number of hydrogen-bond acceptors (Lipinski definition) is 5. The van der Waals surface area contributed by atoms with Crippen LogP contribution in [0.15, 0.2) is 42.5 Å². The van der Waals surface area contributed by atoms with Crippen LogP contribution < -0.4 is 19.5 Å². The first-order valence-electron chi connectivity index (χ1n) is 9.76. The van der Waals surface area contributed by atoms with Gasteiger partial charge < -0.3 is 19.5 Å². The van der Waals surface area contributed by atoms with Crippen LogP contribution >= 0.6 is 23.2 Å². The zero-order valence-corrected chi connectivity index (χ0v) is 18.6. The summed E-state index contributed by atoms with van der Waals surface area (Å²) < 4.78 is 58.2. The predicted octanol–water partition coefficient (Wildman–Crippen LogP) is 6.25. The minimum Gasteiger partial charge on any atom is -0.485 e. The Hall–Kier alpha value is -3.10. The molecule has 10 heteroatoms. The van der Waals surface area contributed by atoms with E-state index in [0.29, 0.717) is 11.1 Å². The molecule has 1 heterocycles. The van der Waals surface area contributed by atoms with E-state index >= 15 is 0 Å². The number of para-hydroxylation sites is 1. The summed E-state index contributed by atoms with van der Waals surface area (Å²) in [5.41, 5.74) is 0.294. The Labute approximate surface area is 197 Å². The molecule has 0 spiro atoms. The Morgan fingerprint density at radius 3 is 2.24 bits per heavy atom. The zero-order valence-electron chi connectivity index (χ0n) is 17.1. The average molecular weight is 498 g/mol. The van der Waals surface area contributed by atoms with Gasteiger partial charge in [0.1, 0.15) is 42.4 Å². The number of rotatable bonds is 5. The molecule has 0 aromatic heterocycles. The summed E-state index contributed by atoms with van der Waals surface area (Å²) in [6, 6.07) is 7.44. The Balaban J connectivity index is 1.64. The molecular formula is C23H16Cl2F3NO4. The molecule has 1 atom stereocenters. The highest BCUT2D eigenvalue weighted by Crippen LogP contribution is 2.49. The van der Waals surface area contributed by atoms with Crippen molar-refractivity contribution in [3.8, 4) is 28.4 Å². The lowest BCUT2D eigenvalue weighted by atomic mass is 10.0. The maximum absolute atomic E-state index is 13.9. The van der Waals surface area contributed by atoms with E-state index in [0.717, 1.165) is 24.3 Å². The van der Waals surface area contributed by atoms with Gasteiger partial charge in [0.05, 0.1) is 10.0 Å². The van der Waals surface area contributed by atoms with Crippen LogP contribution in [0.4, 0.5) is 18.9 Å². The fourth-order valence-corrected chi connectivity index (χ4v) is 3.96. The minimum atomic E-state index is -1.10. The van der Waals surface area contributed by atoms with Gasteiger partial charge in [-0.05, 0) is 43.3 Å². The van der Waals surface area contributed by atoms with Crippen molar-refractivity contribution in [2.75, 3.05) is 18.5 Å². The Kier molecular flexibility index (Phi) is 6.58. The van der Waals surface area contributed by atoms with Gasteiger partial charge >= 0.3 is 5.97 Å².